The highest BCUT2D eigenvalue weighted by Crippen LogP contribution is 2.30. The summed E-state index contributed by atoms with van der Waals surface area (Å²) in [7, 11) is 0. The first kappa shape index (κ1) is 11.3. The Balaban J connectivity index is 2.48. The zero-order valence-electron chi connectivity index (χ0n) is 9.01. The van der Waals surface area contributed by atoms with Crippen molar-refractivity contribution in [3.05, 3.63) is 21.5 Å². The Morgan fingerprint density at radius 1 is 1.38 bits per heavy atom. The molecule has 1 aliphatic rings. The van der Waals surface area contributed by atoms with Gasteiger partial charge in [0.2, 0.25) is 0 Å². The summed E-state index contributed by atoms with van der Waals surface area (Å²) in [6, 6.07) is 0. The number of nitrogens with two attached hydrogens (primary N) is 1. The fraction of sp³-hybridized carbons (Fsp3) is 0.455. The van der Waals surface area contributed by atoms with Crippen molar-refractivity contribution in [1.82, 2.24) is 4.98 Å². The van der Waals surface area contributed by atoms with Crippen LogP contribution in [0.4, 0.5) is 5.69 Å². The average molecular weight is 237 g/mol. The molecule has 0 unspecified atom stereocenters. The number of rotatable bonds is 3. The Kier molecular flexibility index (Phi) is 3.33. The molecule has 4 N–H and O–H groups in total. The predicted molar refractivity (Wildman–Crippen MR) is 67.6 cm³/mol. The van der Waals surface area contributed by atoms with E-state index in [0.717, 1.165) is 36.3 Å². The molecule has 0 radical (unpaired) electrons. The minimum atomic E-state index is -0.187. The van der Waals surface area contributed by atoms with Gasteiger partial charge in [-0.05, 0) is 36.8 Å². The fourth-order valence-corrected chi connectivity index (χ4v) is 2.90. The maximum Gasteiger partial charge on any atom is 0.272 e. The monoisotopic (exact) mass is 237 g/mol. The molecule has 5 heteroatoms. The van der Waals surface area contributed by atoms with Gasteiger partial charge in [0.15, 0.2) is 0 Å². The molecular weight excluding hydrogens is 222 g/mol. The van der Waals surface area contributed by atoms with Crippen molar-refractivity contribution < 1.29 is 0 Å². The molecule has 0 aliphatic heterocycles. The Hall–Kier alpha value is -1.23. The Labute approximate surface area is 98.1 Å². The fourth-order valence-electron chi connectivity index (χ4n) is 2.08. The second-order valence-corrected chi connectivity index (χ2v) is 4.91. The van der Waals surface area contributed by atoms with Crippen molar-refractivity contribution in [2.75, 3.05) is 11.5 Å². The summed E-state index contributed by atoms with van der Waals surface area (Å²) in [5, 5.41) is 7.93. The molecule has 0 fully saturated rings. The third-order valence-electron chi connectivity index (χ3n) is 2.85. The van der Waals surface area contributed by atoms with Crippen LogP contribution < -0.4 is 11.3 Å². The molecule has 0 aromatic carbocycles. The van der Waals surface area contributed by atoms with Gasteiger partial charge >= 0.3 is 0 Å². The van der Waals surface area contributed by atoms with Gasteiger partial charge in [0.05, 0.1) is 5.03 Å². The summed E-state index contributed by atoms with van der Waals surface area (Å²) in [5.41, 5.74) is 8.22. The molecule has 1 aromatic heterocycles. The second-order valence-electron chi connectivity index (χ2n) is 3.88. The van der Waals surface area contributed by atoms with E-state index in [4.69, 9.17) is 11.1 Å². The van der Waals surface area contributed by atoms with Crippen molar-refractivity contribution in [1.29, 1.82) is 5.41 Å². The highest BCUT2D eigenvalue weighted by molar-refractivity contribution is 7.99. The average Bonchev–Trinajstić information content (AvgIpc) is 2.32. The number of hydrogen-bond donors (Lipinski definition) is 3. The van der Waals surface area contributed by atoms with E-state index in [9.17, 15) is 4.79 Å². The number of pyridine rings is 1. The number of H-pyrrole nitrogens is 1. The number of thioether (sulfide) groups is 1. The van der Waals surface area contributed by atoms with E-state index in [1.54, 1.807) is 0 Å². The van der Waals surface area contributed by atoms with E-state index < -0.39 is 0 Å². The maximum absolute atomic E-state index is 11.6. The molecule has 4 nitrogen and oxygen atoms in total. The number of aromatic amines is 1. The summed E-state index contributed by atoms with van der Waals surface area (Å²) in [5.74, 6) is 0.590. The highest BCUT2D eigenvalue weighted by atomic mass is 32.2. The van der Waals surface area contributed by atoms with E-state index in [2.05, 4.69) is 4.98 Å². The zero-order valence-corrected chi connectivity index (χ0v) is 9.82. The number of fused-ring (bicyclic) bond motifs is 1. The lowest BCUT2D eigenvalue weighted by molar-refractivity contribution is 0.667. The van der Waals surface area contributed by atoms with Crippen molar-refractivity contribution in [3.8, 4) is 0 Å². The normalized spacial score (nSPS) is 14.5. The van der Waals surface area contributed by atoms with Crippen molar-refractivity contribution in [2.24, 2.45) is 0 Å². The molecule has 1 aromatic rings. The summed E-state index contributed by atoms with van der Waals surface area (Å²) >= 11 is 1.50. The smallest absolute Gasteiger partial charge is 0.272 e. The minimum absolute atomic E-state index is 0.187. The molecule has 0 saturated carbocycles. The van der Waals surface area contributed by atoms with Crippen molar-refractivity contribution in [3.63, 3.8) is 0 Å². The number of aromatic nitrogens is 1. The maximum atomic E-state index is 11.6. The lowest BCUT2D eigenvalue weighted by Gasteiger charge is -2.19. The number of hydrogen-bond acceptors (Lipinski definition) is 4. The van der Waals surface area contributed by atoms with Crippen LogP contribution in [-0.4, -0.2) is 17.0 Å². The standard InChI is InChI=1S/C11H15N3OS/c12-5-6-16-11-8-4-2-1-3-7(8)9(13)10(15)14-11/h5,12H,1-4,6,13H2,(H,14,15). The van der Waals surface area contributed by atoms with E-state index in [1.165, 1.54) is 23.5 Å². The lowest BCUT2D eigenvalue weighted by atomic mass is 9.92. The molecule has 16 heavy (non-hydrogen) atoms. The highest BCUT2D eigenvalue weighted by Gasteiger charge is 2.18. The van der Waals surface area contributed by atoms with Gasteiger partial charge in [-0.3, -0.25) is 4.79 Å². The third-order valence-corrected chi connectivity index (χ3v) is 3.82. The van der Waals surface area contributed by atoms with Gasteiger partial charge < -0.3 is 16.1 Å². The van der Waals surface area contributed by atoms with Gasteiger partial charge in [-0.2, -0.15) is 0 Å². The quantitative estimate of drug-likeness (QED) is 0.551. The molecule has 0 amide bonds. The Bertz CT molecular complexity index is 467. The number of anilines is 1. The zero-order chi connectivity index (χ0) is 11.5. The first-order valence-corrected chi connectivity index (χ1v) is 6.38. The van der Waals surface area contributed by atoms with Gasteiger partial charge in [0, 0.05) is 12.0 Å². The van der Waals surface area contributed by atoms with Crippen LogP contribution in [0.5, 0.6) is 0 Å². The van der Waals surface area contributed by atoms with E-state index in [1.807, 2.05) is 0 Å². The summed E-state index contributed by atoms with van der Waals surface area (Å²) in [6.45, 7) is 0. The molecule has 1 aliphatic carbocycles. The summed E-state index contributed by atoms with van der Waals surface area (Å²) < 4.78 is 0. The molecule has 1 heterocycles. The Morgan fingerprint density at radius 2 is 2.06 bits per heavy atom. The SMILES string of the molecule is N=CCSc1[nH]c(=O)c(N)c2c1CCCC2. The van der Waals surface area contributed by atoms with Gasteiger partial charge in [0.25, 0.3) is 5.56 Å². The molecular formula is C11H15N3OS. The number of nitrogens with one attached hydrogen (secondary N) is 2. The van der Waals surface area contributed by atoms with Gasteiger partial charge in [-0.25, -0.2) is 0 Å². The van der Waals surface area contributed by atoms with E-state index in [0.29, 0.717) is 11.4 Å². The molecule has 0 atom stereocenters. The lowest BCUT2D eigenvalue weighted by Crippen LogP contribution is -2.20. The van der Waals surface area contributed by atoms with Crippen LogP contribution in [-0.2, 0) is 12.8 Å². The van der Waals surface area contributed by atoms with Crippen LogP contribution in [0.25, 0.3) is 0 Å². The third kappa shape index (κ3) is 2.00. The Morgan fingerprint density at radius 3 is 2.75 bits per heavy atom. The molecule has 2 rings (SSSR count). The first-order valence-electron chi connectivity index (χ1n) is 5.39. The van der Waals surface area contributed by atoms with Crippen LogP contribution in [0.2, 0.25) is 0 Å². The van der Waals surface area contributed by atoms with Crippen LogP contribution in [0, 0.1) is 5.41 Å². The summed E-state index contributed by atoms with van der Waals surface area (Å²) in [6.07, 6.45) is 5.49. The largest absolute Gasteiger partial charge is 0.394 e. The predicted octanol–water partition coefficient (Wildman–Crippen LogP) is 1.58. The van der Waals surface area contributed by atoms with Crippen molar-refractivity contribution in [2.45, 2.75) is 30.7 Å². The topological polar surface area (TPSA) is 82.7 Å². The van der Waals surface area contributed by atoms with E-state index >= 15 is 0 Å². The van der Waals surface area contributed by atoms with Crippen LogP contribution in [0.15, 0.2) is 9.82 Å². The van der Waals surface area contributed by atoms with Crippen LogP contribution in [0.3, 0.4) is 0 Å². The van der Waals surface area contributed by atoms with Gasteiger partial charge in [-0.15, -0.1) is 11.8 Å². The molecule has 0 bridgehead atoms. The summed E-state index contributed by atoms with van der Waals surface area (Å²) in [4.78, 5) is 14.4. The molecule has 86 valence electrons. The first-order chi connectivity index (χ1) is 7.74. The molecule has 0 spiro atoms. The number of nitrogen functional groups attached to an aromatic ring is 1. The van der Waals surface area contributed by atoms with Crippen LogP contribution in [0.1, 0.15) is 24.0 Å². The minimum Gasteiger partial charge on any atom is -0.394 e. The van der Waals surface area contributed by atoms with Crippen molar-refractivity contribution >= 4 is 23.7 Å². The van der Waals surface area contributed by atoms with Crippen LogP contribution >= 0.6 is 11.8 Å². The second kappa shape index (κ2) is 4.74. The van der Waals surface area contributed by atoms with Gasteiger partial charge in [0.1, 0.15) is 5.69 Å². The molecule has 0 saturated heterocycles. The van der Waals surface area contributed by atoms with E-state index in [-0.39, 0.29) is 5.56 Å². The van der Waals surface area contributed by atoms with Gasteiger partial charge in [-0.1, -0.05) is 0 Å².